The van der Waals surface area contributed by atoms with Crippen LogP contribution in [0.25, 0.3) is 0 Å². The van der Waals surface area contributed by atoms with Crippen LogP contribution in [0.3, 0.4) is 0 Å². The predicted octanol–water partition coefficient (Wildman–Crippen LogP) is 2.06. The molecule has 0 fully saturated rings. The van der Waals surface area contributed by atoms with Crippen LogP contribution in [0, 0.1) is 23.4 Å². The smallest absolute Gasteiger partial charge is 0.228 e. The summed E-state index contributed by atoms with van der Waals surface area (Å²) in [6.45, 7) is 1.67. The molecular formula is C10H12ClF3N2O. The number of carbonyl (C=O) groups excluding carboxylic acids is 1. The van der Waals surface area contributed by atoms with E-state index in [2.05, 4.69) is 5.32 Å². The largest absolute Gasteiger partial charge is 0.330 e. The van der Waals surface area contributed by atoms with Crippen molar-refractivity contribution in [1.82, 2.24) is 0 Å². The Bertz CT molecular complexity index is 392. The Morgan fingerprint density at radius 1 is 1.35 bits per heavy atom. The third kappa shape index (κ3) is 3.90. The Kier molecular flexibility index (Phi) is 5.98. The molecule has 3 N–H and O–H groups in total. The maximum atomic E-state index is 12.8. The van der Waals surface area contributed by atoms with E-state index < -0.39 is 29.3 Å². The molecule has 0 heterocycles. The molecule has 1 rings (SSSR count). The fourth-order valence-electron chi connectivity index (χ4n) is 1.00. The first-order valence-corrected chi connectivity index (χ1v) is 4.61. The average Bonchev–Trinajstić information content (AvgIpc) is 2.24. The summed E-state index contributed by atoms with van der Waals surface area (Å²) in [6, 6.07) is 1.42. The van der Waals surface area contributed by atoms with Gasteiger partial charge in [-0.25, -0.2) is 13.2 Å². The van der Waals surface area contributed by atoms with Gasteiger partial charge in [0.15, 0.2) is 17.5 Å². The minimum atomic E-state index is -1.56. The Morgan fingerprint density at radius 2 is 1.82 bits per heavy atom. The molecule has 1 aromatic rings. The molecule has 96 valence electrons. The summed E-state index contributed by atoms with van der Waals surface area (Å²) in [7, 11) is 0. The zero-order valence-electron chi connectivity index (χ0n) is 8.97. The standard InChI is InChI=1S/C10H11F3N2O.ClH/c1-5(4-14)10(16)15-6-2-7(11)9(13)8(12)3-6;/h2-3,5H,4,14H2,1H3,(H,15,16);1H. The Morgan fingerprint density at radius 3 is 2.24 bits per heavy atom. The highest BCUT2D eigenvalue weighted by Gasteiger charge is 2.14. The Balaban J connectivity index is 0.00000256. The number of hydrogen-bond acceptors (Lipinski definition) is 2. The molecule has 0 saturated heterocycles. The highest BCUT2D eigenvalue weighted by atomic mass is 35.5. The molecule has 0 saturated carbocycles. The van der Waals surface area contributed by atoms with Crippen molar-refractivity contribution >= 4 is 24.0 Å². The van der Waals surface area contributed by atoms with Crippen LogP contribution in [0.2, 0.25) is 0 Å². The van der Waals surface area contributed by atoms with Crippen LogP contribution in [-0.4, -0.2) is 12.5 Å². The van der Waals surface area contributed by atoms with Crippen molar-refractivity contribution in [3.05, 3.63) is 29.6 Å². The van der Waals surface area contributed by atoms with Crippen molar-refractivity contribution in [2.75, 3.05) is 11.9 Å². The molecule has 1 amide bonds. The molecule has 3 nitrogen and oxygen atoms in total. The molecule has 7 heteroatoms. The lowest BCUT2D eigenvalue weighted by atomic mass is 10.1. The van der Waals surface area contributed by atoms with Gasteiger partial charge in [0.05, 0.1) is 0 Å². The molecule has 0 spiro atoms. The van der Waals surface area contributed by atoms with Gasteiger partial charge in [-0.05, 0) is 0 Å². The Hall–Kier alpha value is -1.27. The number of halogens is 4. The lowest BCUT2D eigenvalue weighted by Gasteiger charge is -2.10. The summed E-state index contributed by atoms with van der Waals surface area (Å²) in [5.41, 5.74) is 5.10. The van der Waals surface area contributed by atoms with Crippen LogP contribution in [0.5, 0.6) is 0 Å². The normalized spacial score (nSPS) is 11.6. The molecule has 0 aromatic heterocycles. The number of carbonyl (C=O) groups is 1. The van der Waals surface area contributed by atoms with Crippen LogP contribution >= 0.6 is 12.4 Å². The summed E-state index contributed by atoms with van der Waals surface area (Å²) >= 11 is 0. The van der Waals surface area contributed by atoms with Gasteiger partial charge in [0.2, 0.25) is 5.91 Å². The first-order valence-electron chi connectivity index (χ1n) is 4.61. The summed E-state index contributed by atoms with van der Waals surface area (Å²) in [6.07, 6.45) is 0. The maximum absolute atomic E-state index is 12.8. The van der Waals surface area contributed by atoms with E-state index in [9.17, 15) is 18.0 Å². The van der Waals surface area contributed by atoms with Crippen molar-refractivity contribution in [3.8, 4) is 0 Å². The van der Waals surface area contributed by atoms with Gasteiger partial charge < -0.3 is 11.1 Å². The van der Waals surface area contributed by atoms with Gasteiger partial charge in [-0.1, -0.05) is 6.92 Å². The van der Waals surface area contributed by atoms with E-state index in [4.69, 9.17) is 5.73 Å². The van der Waals surface area contributed by atoms with Gasteiger partial charge in [-0.2, -0.15) is 0 Å². The zero-order chi connectivity index (χ0) is 12.3. The number of nitrogens with one attached hydrogen (secondary N) is 1. The van der Waals surface area contributed by atoms with E-state index in [1.807, 2.05) is 0 Å². The van der Waals surface area contributed by atoms with Crippen molar-refractivity contribution in [1.29, 1.82) is 0 Å². The van der Waals surface area contributed by atoms with Gasteiger partial charge in [0.1, 0.15) is 0 Å². The minimum Gasteiger partial charge on any atom is -0.330 e. The van der Waals surface area contributed by atoms with Crippen LogP contribution in [-0.2, 0) is 4.79 Å². The molecule has 0 aliphatic rings. The first kappa shape index (κ1) is 15.7. The molecule has 1 unspecified atom stereocenters. The van der Waals surface area contributed by atoms with Crippen LogP contribution in [0.1, 0.15) is 6.92 Å². The van der Waals surface area contributed by atoms with Crippen molar-refractivity contribution in [2.45, 2.75) is 6.92 Å². The van der Waals surface area contributed by atoms with Crippen molar-refractivity contribution in [3.63, 3.8) is 0 Å². The molecule has 0 radical (unpaired) electrons. The van der Waals surface area contributed by atoms with E-state index >= 15 is 0 Å². The third-order valence-corrected chi connectivity index (χ3v) is 2.05. The number of nitrogens with two attached hydrogens (primary N) is 1. The molecule has 1 aromatic carbocycles. The summed E-state index contributed by atoms with van der Waals surface area (Å²) in [5, 5.41) is 2.24. The Labute approximate surface area is 103 Å². The first-order chi connectivity index (χ1) is 7.45. The minimum absolute atomic E-state index is 0. The van der Waals surface area contributed by atoms with E-state index in [1.165, 1.54) is 0 Å². The van der Waals surface area contributed by atoms with Crippen molar-refractivity contribution < 1.29 is 18.0 Å². The molecule has 0 aliphatic carbocycles. The molecule has 0 aliphatic heterocycles. The average molecular weight is 269 g/mol. The quantitative estimate of drug-likeness (QED) is 0.825. The number of benzene rings is 1. The zero-order valence-corrected chi connectivity index (χ0v) is 9.78. The number of amides is 1. The van der Waals surface area contributed by atoms with Crippen LogP contribution in [0.15, 0.2) is 12.1 Å². The summed E-state index contributed by atoms with van der Waals surface area (Å²) < 4.78 is 38.2. The fraction of sp³-hybridized carbons (Fsp3) is 0.300. The van der Waals surface area contributed by atoms with E-state index in [0.29, 0.717) is 12.1 Å². The monoisotopic (exact) mass is 268 g/mol. The summed E-state index contributed by atoms with van der Waals surface area (Å²) in [4.78, 5) is 11.3. The third-order valence-electron chi connectivity index (χ3n) is 2.05. The van der Waals surface area contributed by atoms with Gasteiger partial charge in [-0.15, -0.1) is 12.4 Å². The van der Waals surface area contributed by atoms with Crippen LogP contribution in [0.4, 0.5) is 18.9 Å². The SMILES string of the molecule is CC(CN)C(=O)Nc1cc(F)c(F)c(F)c1.Cl. The van der Waals surface area contributed by atoms with E-state index in [-0.39, 0.29) is 24.6 Å². The summed E-state index contributed by atoms with van der Waals surface area (Å²) in [5.74, 6) is -5.24. The van der Waals surface area contributed by atoms with Crippen LogP contribution < -0.4 is 11.1 Å². The molecule has 0 bridgehead atoms. The second-order valence-electron chi connectivity index (χ2n) is 3.38. The van der Waals surface area contributed by atoms with Crippen molar-refractivity contribution in [2.24, 2.45) is 11.7 Å². The molecule has 1 atom stereocenters. The predicted molar refractivity (Wildman–Crippen MR) is 60.4 cm³/mol. The van der Waals surface area contributed by atoms with E-state index in [1.54, 1.807) is 6.92 Å². The number of hydrogen-bond donors (Lipinski definition) is 2. The fourth-order valence-corrected chi connectivity index (χ4v) is 1.00. The topological polar surface area (TPSA) is 55.1 Å². The number of anilines is 1. The van der Waals surface area contributed by atoms with Gasteiger partial charge in [0.25, 0.3) is 0 Å². The lowest BCUT2D eigenvalue weighted by Crippen LogP contribution is -2.26. The van der Waals surface area contributed by atoms with Gasteiger partial charge >= 0.3 is 0 Å². The maximum Gasteiger partial charge on any atom is 0.228 e. The second kappa shape index (κ2) is 6.46. The molecule has 17 heavy (non-hydrogen) atoms. The molecular weight excluding hydrogens is 257 g/mol. The van der Waals surface area contributed by atoms with Gasteiger partial charge in [0, 0.05) is 30.3 Å². The highest BCUT2D eigenvalue weighted by Crippen LogP contribution is 2.17. The number of rotatable bonds is 3. The van der Waals surface area contributed by atoms with E-state index in [0.717, 1.165) is 0 Å². The highest BCUT2D eigenvalue weighted by molar-refractivity contribution is 5.92. The lowest BCUT2D eigenvalue weighted by molar-refractivity contribution is -0.119. The van der Waals surface area contributed by atoms with Gasteiger partial charge in [-0.3, -0.25) is 4.79 Å². The second-order valence-corrected chi connectivity index (χ2v) is 3.38.